The number of rotatable bonds is 5. The van der Waals surface area contributed by atoms with Crippen molar-refractivity contribution in [3.05, 3.63) is 63.7 Å². The van der Waals surface area contributed by atoms with Crippen molar-refractivity contribution in [2.24, 2.45) is 0 Å². The molecule has 0 heterocycles. The van der Waals surface area contributed by atoms with Gasteiger partial charge in [-0.25, -0.2) is 0 Å². The first-order chi connectivity index (χ1) is 10.9. The number of nitro benzene ring substituents is 1. The summed E-state index contributed by atoms with van der Waals surface area (Å²) in [5.41, 5.74) is 0.942. The summed E-state index contributed by atoms with van der Waals surface area (Å²) in [6, 6.07) is 9.91. The van der Waals surface area contributed by atoms with Crippen LogP contribution in [0.15, 0.2) is 42.5 Å². The lowest BCUT2D eigenvalue weighted by Gasteiger charge is -2.11. The topological polar surface area (TPSA) is 98.5 Å². The number of non-ortho nitro benzene ring substituents is 1. The first kappa shape index (κ1) is 16.2. The summed E-state index contributed by atoms with van der Waals surface area (Å²) in [5, 5.41) is 13.3. The van der Waals surface area contributed by atoms with Gasteiger partial charge < -0.3 is 10.1 Å². The van der Waals surface area contributed by atoms with E-state index >= 15 is 0 Å². The molecule has 0 atom stereocenters. The zero-order chi connectivity index (χ0) is 17.0. The number of nitro groups is 1. The number of nitrogens with one attached hydrogen (secondary N) is 1. The molecule has 2 aromatic carbocycles. The summed E-state index contributed by atoms with van der Waals surface area (Å²) in [6.07, 6.45) is 0. The van der Waals surface area contributed by atoms with Gasteiger partial charge in [0.25, 0.3) is 11.6 Å². The van der Waals surface area contributed by atoms with E-state index in [1.807, 2.05) is 0 Å². The van der Waals surface area contributed by atoms with E-state index in [0.717, 1.165) is 0 Å². The van der Waals surface area contributed by atoms with Gasteiger partial charge in [-0.3, -0.25) is 19.7 Å². The van der Waals surface area contributed by atoms with E-state index in [0.29, 0.717) is 17.0 Å². The Bertz CT molecular complexity index is 769. The Labute approximate surface area is 132 Å². The Hall–Kier alpha value is -3.22. The number of anilines is 1. The third-order valence-electron chi connectivity index (χ3n) is 3.19. The molecule has 7 nitrogen and oxygen atoms in total. The Kier molecular flexibility index (Phi) is 4.70. The second-order valence-corrected chi connectivity index (χ2v) is 4.73. The highest BCUT2D eigenvalue weighted by Gasteiger charge is 2.13. The lowest BCUT2D eigenvalue weighted by atomic mass is 10.1. The highest BCUT2D eigenvalue weighted by molar-refractivity contribution is 6.06. The van der Waals surface area contributed by atoms with Crippen molar-refractivity contribution in [3.8, 4) is 5.75 Å². The minimum atomic E-state index is -0.541. The summed E-state index contributed by atoms with van der Waals surface area (Å²) in [4.78, 5) is 33.7. The number of hydrogen-bond donors (Lipinski definition) is 1. The Morgan fingerprint density at radius 1 is 1.09 bits per heavy atom. The van der Waals surface area contributed by atoms with Crippen molar-refractivity contribution in [3.63, 3.8) is 0 Å². The molecule has 0 spiro atoms. The number of carbonyl (C=O) groups is 2. The average molecular weight is 314 g/mol. The predicted molar refractivity (Wildman–Crippen MR) is 84.0 cm³/mol. The molecule has 0 aliphatic carbocycles. The molecule has 2 aromatic rings. The molecule has 118 valence electrons. The molecule has 0 bridgehead atoms. The van der Waals surface area contributed by atoms with Gasteiger partial charge in [0.05, 0.1) is 17.7 Å². The van der Waals surface area contributed by atoms with Crippen molar-refractivity contribution in [1.29, 1.82) is 0 Å². The Morgan fingerprint density at radius 3 is 2.22 bits per heavy atom. The monoisotopic (exact) mass is 314 g/mol. The minimum Gasteiger partial charge on any atom is -0.495 e. The normalized spacial score (nSPS) is 10.0. The van der Waals surface area contributed by atoms with Gasteiger partial charge in [-0.05, 0) is 37.3 Å². The smallest absolute Gasteiger partial charge is 0.269 e. The molecule has 1 amide bonds. The standard InChI is InChI=1S/C16H14N2O5/c1-10(19)12-5-8-15(23-2)14(9-12)17-16(20)11-3-6-13(7-4-11)18(21)22/h3-9H,1-2H3,(H,17,20). The molecular formula is C16H14N2O5. The van der Waals surface area contributed by atoms with E-state index in [4.69, 9.17) is 4.74 Å². The number of Topliss-reactive ketones (excluding diaryl/α,β-unsaturated/α-hetero) is 1. The number of nitrogens with zero attached hydrogens (tertiary/aromatic N) is 1. The quantitative estimate of drug-likeness (QED) is 0.519. The van der Waals surface area contributed by atoms with E-state index in [1.165, 1.54) is 44.4 Å². The molecule has 0 unspecified atom stereocenters. The van der Waals surface area contributed by atoms with Crippen LogP contribution in [0.4, 0.5) is 11.4 Å². The predicted octanol–water partition coefficient (Wildman–Crippen LogP) is 3.06. The van der Waals surface area contributed by atoms with Crippen LogP contribution < -0.4 is 10.1 Å². The number of hydrogen-bond acceptors (Lipinski definition) is 5. The summed E-state index contributed by atoms with van der Waals surface area (Å²) in [6.45, 7) is 1.42. The summed E-state index contributed by atoms with van der Waals surface area (Å²) in [5.74, 6) is -0.192. The molecule has 7 heteroatoms. The van der Waals surface area contributed by atoms with Crippen molar-refractivity contribution < 1.29 is 19.2 Å². The maximum absolute atomic E-state index is 12.2. The second-order valence-electron chi connectivity index (χ2n) is 4.73. The highest BCUT2D eigenvalue weighted by atomic mass is 16.6. The maximum Gasteiger partial charge on any atom is 0.269 e. The van der Waals surface area contributed by atoms with Crippen LogP contribution in [0, 0.1) is 10.1 Å². The van der Waals surface area contributed by atoms with Crippen LogP contribution in [-0.2, 0) is 0 Å². The number of ether oxygens (including phenoxy) is 1. The fraction of sp³-hybridized carbons (Fsp3) is 0.125. The van der Waals surface area contributed by atoms with Crippen LogP contribution in [0.5, 0.6) is 5.75 Å². The number of methoxy groups -OCH3 is 1. The van der Waals surface area contributed by atoms with E-state index in [-0.39, 0.29) is 17.0 Å². The fourth-order valence-electron chi connectivity index (χ4n) is 1.95. The van der Waals surface area contributed by atoms with Crippen molar-refractivity contribution in [1.82, 2.24) is 0 Å². The largest absolute Gasteiger partial charge is 0.495 e. The summed E-state index contributed by atoms with van der Waals surface area (Å²) >= 11 is 0. The lowest BCUT2D eigenvalue weighted by molar-refractivity contribution is -0.384. The molecule has 0 fully saturated rings. The number of carbonyl (C=O) groups excluding carboxylic acids is 2. The molecule has 2 rings (SSSR count). The van der Waals surface area contributed by atoms with Gasteiger partial charge in [-0.15, -0.1) is 0 Å². The molecule has 0 aliphatic rings. The van der Waals surface area contributed by atoms with Gasteiger partial charge >= 0.3 is 0 Å². The zero-order valence-electron chi connectivity index (χ0n) is 12.5. The van der Waals surface area contributed by atoms with Gasteiger partial charge in [-0.2, -0.15) is 0 Å². The van der Waals surface area contributed by atoms with E-state index in [9.17, 15) is 19.7 Å². The number of amides is 1. The van der Waals surface area contributed by atoms with E-state index in [1.54, 1.807) is 12.1 Å². The van der Waals surface area contributed by atoms with Crippen LogP contribution in [0.3, 0.4) is 0 Å². The molecule has 0 saturated carbocycles. The van der Waals surface area contributed by atoms with E-state index in [2.05, 4.69) is 5.32 Å². The van der Waals surface area contributed by atoms with Gasteiger partial charge in [0.1, 0.15) is 5.75 Å². The molecule has 0 saturated heterocycles. The van der Waals surface area contributed by atoms with Gasteiger partial charge in [0.2, 0.25) is 0 Å². The SMILES string of the molecule is COc1ccc(C(C)=O)cc1NC(=O)c1ccc([N+](=O)[O-])cc1. The van der Waals surface area contributed by atoms with Crippen molar-refractivity contribution in [2.45, 2.75) is 6.92 Å². The van der Waals surface area contributed by atoms with Crippen LogP contribution >= 0.6 is 0 Å². The molecule has 1 N–H and O–H groups in total. The molecule has 0 aromatic heterocycles. The summed E-state index contributed by atoms with van der Waals surface area (Å²) < 4.78 is 5.15. The Balaban J connectivity index is 2.26. The molecular weight excluding hydrogens is 300 g/mol. The summed E-state index contributed by atoms with van der Waals surface area (Å²) in [7, 11) is 1.45. The average Bonchev–Trinajstić information content (AvgIpc) is 2.54. The van der Waals surface area contributed by atoms with Crippen molar-refractivity contribution in [2.75, 3.05) is 12.4 Å². The first-order valence-corrected chi connectivity index (χ1v) is 6.67. The van der Waals surface area contributed by atoms with Crippen LogP contribution in [-0.4, -0.2) is 23.7 Å². The third-order valence-corrected chi connectivity index (χ3v) is 3.19. The van der Waals surface area contributed by atoms with Crippen LogP contribution in [0.1, 0.15) is 27.6 Å². The minimum absolute atomic E-state index is 0.0993. The van der Waals surface area contributed by atoms with Crippen LogP contribution in [0.25, 0.3) is 0 Å². The number of benzene rings is 2. The van der Waals surface area contributed by atoms with Gasteiger partial charge in [0, 0.05) is 23.3 Å². The highest BCUT2D eigenvalue weighted by Crippen LogP contribution is 2.26. The molecule has 0 radical (unpaired) electrons. The van der Waals surface area contributed by atoms with E-state index < -0.39 is 10.8 Å². The second kappa shape index (κ2) is 6.69. The third kappa shape index (κ3) is 3.70. The first-order valence-electron chi connectivity index (χ1n) is 6.67. The molecule has 0 aliphatic heterocycles. The Morgan fingerprint density at radius 2 is 1.70 bits per heavy atom. The van der Waals surface area contributed by atoms with Crippen molar-refractivity contribution >= 4 is 23.1 Å². The maximum atomic E-state index is 12.2. The fourth-order valence-corrected chi connectivity index (χ4v) is 1.95. The zero-order valence-corrected chi connectivity index (χ0v) is 12.5. The van der Waals surface area contributed by atoms with Gasteiger partial charge in [0.15, 0.2) is 5.78 Å². The van der Waals surface area contributed by atoms with Crippen LogP contribution in [0.2, 0.25) is 0 Å². The van der Waals surface area contributed by atoms with Gasteiger partial charge in [-0.1, -0.05) is 0 Å². The number of ketones is 1. The molecule has 23 heavy (non-hydrogen) atoms. The lowest BCUT2D eigenvalue weighted by Crippen LogP contribution is -2.13.